The van der Waals surface area contributed by atoms with Gasteiger partial charge in [-0.05, 0) is 25.0 Å². The molecular formula is C14H19NO4. The highest BCUT2D eigenvalue weighted by atomic mass is 16.5. The third-order valence-electron chi connectivity index (χ3n) is 2.76. The molecule has 0 aliphatic rings. The number of para-hydroxylation sites is 1. The van der Waals surface area contributed by atoms with Gasteiger partial charge in [-0.25, -0.2) is 0 Å². The van der Waals surface area contributed by atoms with Crippen LogP contribution in [0.25, 0.3) is 0 Å². The molecule has 1 amide bonds. The standard InChI is InChI=1S/C14H19NO4/c1-4-11(14(18)15(3)9-13(16)17)19-12-8-6-5-7-10(12)2/h5-8,11H,4,9H2,1-3H3,(H,16,17). The average Bonchev–Trinajstić information content (AvgIpc) is 2.36. The molecule has 1 rings (SSSR count). The van der Waals surface area contributed by atoms with E-state index in [0.29, 0.717) is 12.2 Å². The lowest BCUT2D eigenvalue weighted by atomic mass is 10.2. The van der Waals surface area contributed by atoms with Crippen molar-refractivity contribution in [1.82, 2.24) is 4.90 Å². The summed E-state index contributed by atoms with van der Waals surface area (Å²) in [5, 5.41) is 8.69. The molecule has 0 aliphatic carbocycles. The van der Waals surface area contributed by atoms with Crippen LogP contribution >= 0.6 is 0 Å². The molecule has 0 spiro atoms. The number of nitrogens with zero attached hydrogens (tertiary/aromatic N) is 1. The van der Waals surface area contributed by atoms with Crippen molar-refractivity contribution in [1.29, 1.82) is 0 Å². The molecule has 1 aromatic carbocycles. The number of carbonyl (C=O) groups is 2. The van der Waals surface area contributed by atoms with Crippen LogP contribution in [0.15, 0.2) is 24.3 Å². The average molecular weight is 265 g/mol. The van der Waals surface area contributed by atoms with Crippen molar-refractivity contribution in [3.63, 3.8) is 0 Å². The lowest BCUT2D eigenvalue weighted by molar-refractivity contribution is -0.146. The first-order valence-electron chi connectivity index (χ1n) is 6.14. The van der Waals surface area contributed by atoms with E-state index in [1.807, 2.05) is 32.0 Å². The van der Waals surface area contributed by atoms with Crippen molar-refractivity contribution < 1.29 is 19.4 Å². The second-order valence-electron chi connectivity index (χ2n) is 4.37. The zero-order chi connectivity index (χ0) is 14.4. The minimum atomic E-state index is -1.04. The van der Waals surface area contributed by atoms with Crippen LogP contribution in [0.4, 0.5) is 0 Å². The molecule has 0 saturated heterocycles. The first-order valence-corrected chi connectivity index (χ1v) is 6.14. The molecule has 1 N–H and O–H groups in total. The minimum Gasteiger partial charge on any atom is -0.480 e. The van der Waals surface area contributed by atoms with E-state index in [1.165, 1.54) is 7.05 Å². The molecule has 0 aliphatic heterocycles. The van der Waals surface area contributed by atoms with E-state index < -0.39 is 12.1 Å². The summed E-state index contributed by atoms with van der Waals surface area (Å²) in [5.41, 5.74) is 0.939. The van der Waals surface area contributed by atoms with E-state index >= 15 is 0 Å². The zero-order valence-electron chi connectivity index (χ0n) is 11.4. The SMILES string of the molecule is CCC(Oc1ccccc1C)C(=O)N(C)CC(=O)O. The third kappa shape index (κ3) is 4.28. The molecule has 0 bridgehead atoms. The van der Waals surface area contributed by atoms with E-state index in [-0.39, 0.29) is 12.5 Å². The number of hydrogen-bond donors (Lipinski definition) is 1. The molecule has 0 heterocycles. The van der Waals surface area contributed by atoms with Gasteiger partial charge in [-0.15, -0.1) is 0 Å². The number of hydrogen-bond acceptors (Lipinski definition) is 3. The lowest BCUT2D eigenvalue weighted by Crippen LogP contribution is -2.41. The Kier molecular flexibility index (Phi) is 5.36. The molecule has 1 unspecified atom stereocenters. The maximum atomic E-state index is 12.1. The van der Waals surface area contributed by atoms with E-state index in [9.17, 15) is 9.59 Å². The van der Waals surface area contributed by atoms with Gasteiger partial charge in [0, 0.05) is 7.05 Å². The van der Waals surface area contributed by atoms with E-state index in [1.54, 1.807) is 6.07 Å². The monoisotopic (exact) mass is 265 g/mol. The molecule has 5 heteroatoms. The molecule has 5 nitrogen and oxygen atoms in total. The smallest absolute Gasteiger partial charge is 0.323 e. The van der Waals surface area contributed by atoms with Crippen LogP contribution in [0.1, 0.15) is 18.9 Å². The van der Waals surface area contributed by atoms with Crippen LogP contribution < -0.4 is 4.74 Å². The minimum absolute atomic E-state index is 0.326. The number of likely N-dealkylation sites (N-methyl/N-ethyl adjacent to an activating group) is 1. The van der Waals surface area contributed by atoms with Gasteiger partial charge in [-0.3, -0.25) is 9.59 Å². The molecular weight excluding hydrogens is 246 g/mol. The van der Waals surface area contributed by atoms with Gasteiger partial charge in [0.15, 0.2) is 6.10 Å². The summed E-state index contributed by atoms with van der Waals surface area (Å²) in [6, 6.07) is 7.41. The highest BCUT2D eigenvalue weighted by molar-refractivity contribution is 5.84. The predicted molar refractivity (Wildman–Crippen MR) is 71.2 cm³/mol. The number of aliphatic carboxylic acids is 1. The molecule has 1 aromatic rings. The lowest BCUT2D eigenvalue weighted by Gasteiger charge is -2.23. The van der Waals surface area contributed by atoms with Gasteiger partial charge in [0.1, 0.15) is 12.3 Å². The normalized spacial score (nSPS) is 11.7. The van der Waals surface area contributed by atoms with Gasteiger partial charge in [0.2, 0.25) is 0 Å². The largest absolute Gasteiger partial charge is 0.480 e. The maximum absolute atomic E-state index is 12.1. The van der Waals surface area contributed by atoms with Gasteiger partial charge in [0.25, 0.3) is 5.91 Å². The number of aryl methyl sites for hydroxylation is 1. The van der Waals surface area contributed by atoms with Crippen molar-refractivity contribution in [2.75, 3.05) is 13.6 Å². The fourth-order valence-electron chi connectivity index (χ4n) is 1.68. The van der Waals surface area contributed by atoms with Gasteiger partial charge in [-0.2, -0.15) is 0 Å². The molecule has 0 radical (unpaired) electrons. The summed E-state index contributed by atoms with van der Waals surface area (Å²) in [6.45, 7) is 3.40. The number of benzene rings is 1. The summed E-state index contributed by atoms with van der Waals surface area (Å²) >= 11 is 0. The van der Waals surface area contributed by atoms with Crippen LogP contribution in [0.5, 0.6) is 5.75 Å². The number of carbonyl (C=O) groups excluding carboxylic acids is 1. The second kappa shape index (κ2) is 6.78. The van der Waals surface area contributed by atoms with Crippen molar-refractivity contribution >= 4 is 11.9 Å². The Hall–Kier alpha value is -2.04. The summed E-state index contributed by atoms with van der Waals surface area (Å²) < 4.78 is 5.67. The fourth-order valence-corrected chi connectivity index (χ4v) is 1.68. The quantitative estimate of drug-likeness (QED) is 0.850. The molecule has 1 atom stereocenters. The van der Waals surface area contributed by atoms with Crippen molar-refractivity contribution in [2.24, 2.45) is 0 Å². The third-order valence-corrected chi connectivity index (χ3v) is 2.76. The highest BCUT2D eigenvalue weighted by Crippen LogP contribution is 2.19. The van der Waals surface area contributed by atoms with Gasteiger partial charge >= 0.3 is 5.97 Å². The van der Waals surface area contributed by atoms with Gasteiger partial charge in [-0.1, -0.05) is 25.1 Å². The highest BCUT2D eigenvalue weighted by Gasteiger charge is 2.23. The fraction of sp³-hybridized carbons (Fsp3) is 0.429. The van der Waals surface area contributed by atoms with Crippen molar-refractivity contribution in [3.05, 3.63) is 29.8 Å². The summed E-state index contributed by atoms with van der Waals surface area (Å²) in [7, 11) is 1.46. The van der Waals surface area contributed by atoms with E-state index in [2.05, 4.69) is 0 Å². The Balaban J connectivity index is 2.75. The number of carboxylic acid groups (broad SMARTS) is 1. The van der Waals surface area contributed by atoms with Crippen molar-refractivity contribution in [2.45, 2.75) is 26.4 Å². The molecule has 0 aromatic heterocycles. The Morgan fingerprint density at radius 2 is 2.00 bits per heavy atom. The van der Waals surface area contributed by atoms with E-state index in [0.717, 1.165) is 10.5 Å². The summed E-state index contributed by atoms with van der Waals surface area (Å²) in [4.78, 5) is 23.8. The molecule has 0 fully saturated rings. The molecule has 19 heavy (non-hydrogen) atoms. The maximum Gasteiger partial charge on any atom is 0.323 e. The van der Waals surface area contributed by atoms with Crippen molar-refractivity contribution in [3.8, 4) is 5.75 Å². The number of rotatable bonds is 6. The molecule has 104 valence electrons. The Morgan fingerprint density at radius 3 is 2.53 bits per heavy atom. The second-order valence-corrected chi connectivity index (χ2v) is 4.37. The van der Waals surface area contributed by atoms with Crippen LogP contribution in [-0.4, -0.2) is 41.6 Å². The van der Waals surface area contributed by atoms with Crippen LogP contribution in [-0.2, 0) is 9.59 Å². The van der Waals surface area contributed by atoms with Crippen LogP contribution in [0.2, 0.25) is 0 Å². The summed E-state index contributed by atoms with van der Waals surface area (Å²) in [6.07, 6.45) is -0.178. The topological polar surface area (TPSA) is 66.8 Å². The number of amides is 1. The number of carboxylic acids is 1. The Labute approximate surface area is 112 Å². The predicted octanol–water partition coefficient (Wildman–Crippen LogP) is 1.70. The van der Waals surface area contributed by atoms with Gasteiger partial charge < -0.3 is 14.7 Å². The van der Waals surface area contributed by atoms with Gasteiger partial charge in [0.05, 0.1) is 0 Å². The first-order chi connectivity index (χ1) is 8.95. The Bertz CT molecular complexity index is 459. The molecule has 0 saturated carbocycles. The Morgan fingerprint density at radius 1 is 1.37 bits per heavy atom. The van der Waals surface area contributed by atoms with E-state index in [4.69, 9.17) is 9.84 Å². The number of ether oxygens (including phenoxy) is 1. The summed E-state index contributed by atoms with van der Waals surface area (Å²) in [5.74, 6) is -0.721. The zero-order valence-corrected chi connectivity index (χ0v) is 11.4. The van der Waals surface area contributed by atoms with Crippen LogP contribution in [0, 0.1) is 6.92 Å². The first kappa shape index (κ1) is 15.0. The van der Waals surface area contributed by atoms with Crippen LogP contribution in [0.3, 0.4) is 0 Å².